The van der Waals surface area contributed by atoms with Gasteiger partial charge in [-0.25, -0.2) is 4.99 Å². The van der Waals surface area contributed by atoms with E-state index in [-0.39, 0.29) is 24.4 Å². The molecule has 1 fully saturated rings. The van der Waals surface area contributed by atoms with Gasteiger partial charge in [0, 0.05) is 18.0 Å². The van der Waals surface area contributed by atoms with E-state index in [0.29, 0.717) is 17.7 Å². The number of nitrogens with one attached hydrogen (secondary N) is 1. The molecule has 0 spiro atoms. The van der Waals surface area contributed by atoms with Gasteiger partial charge < -0.3 is 14.8 Å². The monoisotopic (exact) mass is 294 g/mol. The molecule has 0 saturated heterocycles. The number of hydrogen-bond acceptors (Lipinski definition) is 5. The van der Waals surface area contributed by atoms with Crippen molar-refractivity contribution in [3.8, 4) is 0 Å². The van der Waals surface area contributed by atoms with Gasteiger partial charge in [0.2, 0.25) is 5.88 Å². The van der Waals surface area contributed by atoms with Crippen molar-refractivity contribution in [2.75, 3.05) is 13.7 Å². The van der Waals surface area contributed by atoms with Crippen LogP contribution in [-0.4, -0.2) is 38.3 Å². The van der Waals surface area contributed by atoms with E-state index in [1.54, 1.807) is 19.1 Å². The fourth-order valence-corrected chi connectivity index (χ4v) is 1.79. The first-order chi connectivity index (χ1) is 9.96. The van der Waals surface area contributed by atoms with Crippen molar-refractivity contribution in [2.24, 2.45) is 10.9 Å². The summed E-state index contributed by atoms with van der Waals surface area (Å²) >= 11 is 0. The molecule has 0 radical (unpaired) electrons. The second-order valence-electron chi connectivity index (χ2n) is 5.55. The average Bonchev–Trinajstić information content (AvgIpc) is 2.42. The fraction of sp³-hybridized carbons (Fsp3) is 0.625. The third-order valence-electron chi connectivity index (χ3n) is 3.49. The molecule has 118 valence electrons. The van der Waals surface area contributed by atoms with Crippen LogP contribution in [0.25, 0.3) is 0 Å². The first-order valence-electron chi connectivity index (χ1n) is 7.31. The summed E-state index contributed by atoms with van der Waals surface area (Å²) in [6, 6.07) is 0.531. The molecule has 1 aliphatic carbocycles. The summed E-state index contributed by atoms with van der Waals surface area (Å²) in [7, 11) is 1.95. The van der Waals surface area contributed by atoms with Crippen LogP contribution >= 0.6 is 0 Å². The Morgan fingerprint density at radius 2 is 2.10 bits per heavy atom. The Balaban J connectivity index is 2.41. The SMILES string of the molecule is C=N/C(=C\C=C(/C)OCC(=O)C(C)C)O[C@H]1C[C@H](NC)C1. The number of hydrogen-bond donors (Lipinski definition) is 1. The van der Waals surface area contributed by atoms with Gasteiger partial charge in [-0.1, -0.05) is 13.8 Å². The molecule has 1 aliphatic rings. The van der Waals surface area contributed by atoms with Crippen LogP contribution in [0, 0.1) is 5.92 Å². The van der Waals surface area contributed by atoms with Crippen molar-refractivity contribution in [2.45, 2.75) is 45.8 Å². The number of allylic oxidation sites excluding steroid dienone is 3. The summed E-state index contributed by atoms with van der Waals surface area (Å²) in [6.45, 7) is 9.11. The molecule has 0 bridgehead atoms. The van der Waals surface area contributed by atoms with Gasteiger partial charge in [-0.2, -0.15) is 0 Å². The number of ketones is 1. The van der Waals surface area contributed by atoms with E-state index < -0.39 is 0 Å². The Bertz CT molecular complexity index is 421. The minimum Gasteiger partial charge on any atom is -0.490 e. The van der Waals surface area contributed by atoms with Crippen LogP contribution in [0.4, 0.5) is 0 Å². The Hall–Kier alpha value is -1.62. The lowest BCUT2D eigenvalue weighted by molar-refractivity contribution is -0.125. The molecule has 1 N–H and O–H groups in total. The summed E-state index contributed by atoms with van der Waals surface area (Å²) in [5, 5.41) is 3.20. The summed E-state index contributed by atoms with van der Waals surface area (Å²) in [6.07, 6.45) is 5.61. The minimum atomic E-state index is -0.0131. The van der Waals surface area contributed by atoms with Gasteiger partial charge in [0.1, 0.15) is 12.7 Å². The van der Waals surface area contributed by atoms with E-state index in [1.807, 2.05) is 20.9 Å². The minimum absolute atomic E-state index is 0.0131. The number of carbonyl (C=O) groups excluding carboxylic acids is 1. The van der Waals surface area contributed by atoms with Crippen LogP contribution in [0.3, 0.4) is 0 Å². The molecule has 0 amide bonds. The van der Waals surface area contributed by atoms with E-state index in [2.05, 4.69) is 17.0 Å². The maximum Gasteiger partial charge on any atom is 0.212 e. The predicted octanol–water partition coefficient (Wildman–Crippen LogP) is 2.44. The van der Waals surface area contributed by atoms with Crippen molar-refractivity contribution in [3.05, 3.63) is 23.8 Å². The van der Waals surface area contributed by atoms with Crippen LogP contribution in [0.5, 0.6) is 0 Å². The molecule has 0 heterocycles. The van der Waals surface area contributed by atoms with Gasteiger partial charge in [-0.05, 0) is 39.6 Å². The summed E-state index contributed by atoms with van der Waals surface area (Å²) < 4.78 is 11.1. The summed E-state index contributed by atoms with van der Waals surface area (Å²) in [4.78, 5) is 15.3. The zero-order chi connectivity index (χ0) is 15.8. The lowest BCUT2D eigenvalue weighted by Gasteiger charge is -2.34. The summed E-state index contributed by atoms with van der Waals surface area (Å²) in [5.74, 6) is 1.20. The van der Waals surface area contributed by atoms with Crippen molar-refractivity contribution < 1.29 is 14.3 Å². The number of Topliss-reactive ketones (excluding diaryl/α,β-unsaturated/α-hetero) is 1. The van der Waals surface area contributed by atoms with Crippen molar-refractivity contribution in [1.82, 2.24) is 5.32 Å². The highest BCUT2D eigenvalue weighted by molar-refractivity contribution is 5.81. The quantitative estimate of drug-likeness (QED) is 0.403. The van der Waals surface area contributed by atoms with Crippen molar-refractivity contribution >= 4 is 12.5 Å². The third kappa shape index (κ3) is 6.12. The number of ether oxygens (including phenoxy) is 2. The number of carbonyl (C=O) groups is 1. The highest BCUT2D eigenvalue weighted by Crippen LogP contribution is 2.25. The average molecular weight is 294 g/mol. The highest BCUT2D eigenvalue weighted by Gasteiger charge is 2.29. The van der Waals surface area contributed by atoms with Gasteiger partial charge in [0.05, 0.1) is 5.76 Å². The molecule has 1 saturated carbocycles. The Morgan fingerprint density at radius 1 is 1.43 bits per heavy atom. The van der Waals surface area contributed by atoms with E-state index in [4.69, 9.17) is 9.47 Å². The topological polar surface area (TPSA) is 59.9 Å². The van der Waals surface area contributed by atoms with Crippen LogP contribution < -0.4 is 5.32 Å². The van der Waals surface area contributed by atoms with Crippen LogP contribution in [0.15, 0.2) is 28.8 Å². The second kappa shape index (κ2) is 8.62. The molecule has 0 aromatic carbocycles. The summed E-state index contributed by atoms with van der Waals surface area (Å²) in [5.41, 5.74) is 0. The molecule has 5 nitrogen and oxygen atoms in total. The Kier molecular flexibility index (Phi) is 7.15. The largest absolute Gasteiger partial charge is 0.490 e. The predicted molar refractivity (Wildman–Crippen MR) is 84.1 cm³/mol. The van der Waals surface area contributed by atoms with Gasteiger partial charge in [0.15, 0.2) is 5.78 Å². The standard InChI is InChI=1S/C16H26N2O3/c1-11(2)15(19)10-20-12(3)6-7-16(18-5)21-14-8-13(9-14)17-4/h6-7,11,13-14,17H,5,8-10H2,1-4H3/b12-6+,16-7+/t13-,14-. The number of rotatable bonds is 9. The zero-order valence-electron chi connectivity index (χ0n) is 13.4. The lowest BCUT2D eigenvalue weighted by atomic mass is 9.89. The van der Waals surface area contributed by atoms with Crippen LogP contribution in [0.1, 0.15) is 33.6 Å². The van der Waals surface area contributed by atoms with E-state index in [0.717, 1.165) is 12.8 Å². The van der Waals surface area contributed by atoms with Crippen LogP contribution in [0.2, 0.25) is 0 Å². The zero-order valence-corrected chi connectivity index (χ0v) is 13.4. The Labute approximate surface area is 127 Å². The molecular weight excluding hydrogens is 268 g/mol. The van der Waals surface area contributed by atoms with Crippen molar-refractivity contribution in [3.63, 3.8) is 0 Å². The van der Waals surface area contributed by atoms with Crippen molar-refractivity contribution in [1.29, 1.82) is 0 Å². The van der Waals surface area contributed by atoms with E-state index in [9.17, 15) is 4.79 Å². The molecule has 0 aromatic rings. The maximum atomic E-state index is 11.5. The molecule has 0 atom stereocenters. The van der Waals surface area contributed by atoms with Gasteiger partial charge >= 0.3 is 0 Å². The molecule has 0 aliphatic heterocycles. The number of nitrogens with zero attached hydrogens (tertiary/aromatic N) is 1. The van der Waals surface area contributed by atoms with E-state index >= 15 is 0 Å². The van der Waals surface area contributed by atoms with Gasteiger partial charge in [0.25, 0.3) is 0 Å². The normalized spacial score (nSPS) is 22.7. The van der Waals surface area contributed by atoms with E-state index in [1.165, 1.54) is 0 Å². The molecule has 5 heteroatoms. The first kappa shape index (κ1) is 17.4. The smallest absolute Gasteiger partial charge is 0.212 e. The first-order valence-corrected chi connectivity index (χ1v) is 7.31. The molecule has 0 unspecified atom stereocenters. The fourth-order valence-electron chi connectivity index (χ4n) is 1.79. The highest BCUT2D eigenvalue weighted by atomic mass is 16.5. The molecular formula is C16H26N2O3. The molecule has 1 rings (SSSR count). The van der Waals surface area contributed by atoms with Gasteiger partial charge in [-0.15, -0.1) is 0 Å². The molecule has 21 heavy (non-hydrogen) atoms. The second-order valence-corrected chi connectivity index (χ2v) is 5.55. The Morgan fingerprint density at radius 3 is 2.62 bits per heavy atom. The third-order valence-corrected chi connectivity index (χ3v) is 3.49. The van der Waals surface area contributed by atoms with Gasteiger partial charge in [-0.3, -0.25) is 4.79 Å². The maximum absolute atomic E-state index is 11.5. The molecule has 0 aromatic heterocycles. The lowest BCUT2D eigenvalue weighted by Crippen LogP contribution is -2.43. The number of aliphatic imine (C=N–C) groups is 1. The van der Waals surface area contributed by atoms with Crippen LogP contribution in [-0.2, 0) is 14.3 Å².